The molecule has 1 rings (SSSR count). The largest absolute Gasteiger partial charge is 0.469 e. The van der Waals surface area contributed by atoms with Crippen LogP contribution in [0.2, 0.25) is 0 Å². The van der Waals surface area contributed by atoms with E-state index in [0.29, 0.717) is 12.8 Å². The van der Waals surface area contributed by atoms with Gasteiger partial charge in [0.2, 0.25) is 0 Å². The van der Waals surface area contributed by atoms with Crippen LogP contribution < -0.4 is 0 Å². The average molecular weight is 240 g/mol. The van der Waals surface area contributed by atoms with Gasteiger partial charge in [0.05, 0.1) is 13.5 Å². The maximum absolute atomic E-state index is 11.4. The third-order valence-corrected chi connectivity index (χ3v) is 3.21. The minimum absolute atomic E-state index is 0.0249. The van der Waals surface area contributed by atoms with Gasteiger partial charge in [-0.05, 0) is 12.8 Å². The van der Waals surface area contributed by atoms with E-state index in [9.17, 15) is 14.4 Å². The number of hydrogen-bond donors (Lipinski definition) is 0. The fraction of sp³-hybridized carbons (Fsp3) is 0.769. The van der Waals surface area contributed by atoms with Crippen LogP contribution in [0.1, 0.15) is 51.4 Å². The standard InChI is InChI=1S/C13H20O4/c1-17-13(16)7-5-3-2-4-6-10-8-11(14)9-12(10)15/h10H,2-9H2,1H3. The second-order valence-corrected chi connectivity index (χ2v) is 4.61. The fourth-order valence-electron chi connectivity index (χ4n) is 2.18. The summed E-state index contributed by atoms with van der Waals surface area (Å²) >= 11 is 0. The van der Waals surface area contributed by atoms with Crippen molar-refractivity contribution in [3.8, 4) is 0 Å². The Morgan fingerprint density at radius 1 is 1.24 bits per heavy atom. The van der Waals surface area contributed by atoms with Crippen LogP contribution in [-0.2, 0) is 19.1 Å². The van der Waals surface area contributed by atoms with Crippen LogP contribution in [0.15, 0.2) is 0 Å². The summed E-state index contributed by atoms with van der Waals surface area (Å²) in [4.78, 5) is 33.2. The highest BCUT2D eigenvalue weighted by Crippen LogP contribution is 2.24. The first-order chi connectivity index (χ1) is 8.13. The van der Waals surface area contributed by atoms with E-state index in [1.165, 1.54) is 7.11 Å². The van der Waals surface area contributed by atoms with Crippen LogP contribution in [0.5, 0.6) is 0 Å². The van der Waals surface area contributed by atoms with Gasteiger partial charge in [0, 0.05) is 18.8 Å². The molecule has 1 fully saturated rings. The molecule has 17 heavy (non-hydrogen) atoms. The molecule has 1 aliphatic rings. The molecule has 96 valence electrons. The molecule has 0 heterocycles. The summed E-state index contributed by atoms with van der Waals surface area (Å²) in [5, 5.41) is 0. The number of ketones is 2. The predicted molar refractivity (Wildman–Crippen MR) is 62.5 cm³/mol. The maximum Gasteiger partial charge on any atom is 0.305 e. The van der Waals surface area contributed by atoms with Gasteiger partial charge < -0.3 is 4.74 Å². The van der Waals surface area contributed by atoms with Gasteiger partial charge in [-0.25, -0.2) is 0 Å². The van der Waals surface area contributed by atoms with E-state index in [4.69, 9.17) is 0 Å². The lowest BCUT2D eigenvalue weighted by Crippen LogP contribution is -2.05. The Morgan fingerprint density at radius 3 is 2.53 bits per heavy atom. The lowest BCUT2D eigenvalue weighted by Gasteiger charge is -2.06. The van der Waals surface area contributed by atoms with Crippen molar-refractivity contribution in [2.75, 3.05) is 7.11 Å². The molecule has 1 atom stereocenters. The summed E-state index contributed by atoms with van der Waals surface area (Å²) in [6.45, 7) is 0. The van der Waals surface area contributed by atoms with Gasteiger partial charge in [-0.15, -0.1) is 0 Å². The molecule has 1 aliphatic carbocycles. The maximum atomic E-state index is 11.4. The second-order valence-electron chi connectivity index (χ2n) is 4.61. The molecule has 0 aromatic carbocycles. The molecule has 4 nitrogen and oxygen atoms in total. The molecular weight excluding hydrogens is 220 g/mol. The third kappa shape index (κ3) is 5.11. The Bertz CT molecular complexity index is 296. The van der Waals surface area contributed by atoms with Crippen LogP contribution in [0.4, 0.5) is 0 Å². The van der Waals surface area contributed by atoms with Crippen LogP contribution in [0.25, 0.3) is 0 Å². The van der Waals surface area contributed by atoms with Crippen LogP contribution >= 0.6 is 0 Å². The second kappa shape index (κ2) is 7.20. The van der Waals surface area contributed by atoms with Crippen molar-refractivity contribution >= 4 is 17.5 Å². The van der Waals surface area contributed by atoms with E-state index in [2.05, 4.69) is 4.74 Å². The molecule has 1 saturated carbocycles. The van der Waals surface area contributed by atoms with E-state index in [-0.39, 0.29) is 29.9 Å². The van der Waals surface area contributed by atoms with E-state index in [1.54, 1.807) is 0 Å². The Morgan fingerprint density at radius 2 is 1.94 bits per heavy atom. The van der Waals surface area contributed by atoms with Crippen molar-refractivity contribution in [2.24, 2.45) is 5.92 Å². The summed E-state index contributed by atoms with van der Waals surface area (Å²) in [7, 11) is 1.39. The topological polar surface area (TPSA) is 60.4 Å². The van der Waals surface area contributed by atoms with E-state index < -0.39 is 0 Å². The minimum atomic E-state index is -0.165. The summed E-state index contributed by atoms with van der Waals surface area (Å²) < 4.78 is 4.54. The molecule has 4 heteroatoms. The number of carbonyl (C=O) groups is 3. The molecule has 0 aromatic heterocycles. The normalized spacial score (nSPS) is 19.7. The van der Waals surface area contributed by atoms with Gasteiger partial charge in [0.1, 0.15) is 11.6 Å². The van der Waals surface area contributed by atoms with Gasteiger partial charge in [-0.2, -0.15) is 0 Å². The first-order valence-corrected chi connectivity index (χ1v) is 6.24. The fourth-order valence-corrected chi connectivity index (χ4v) is 2.18. The zero-order valence-corrected chi connectivity index (χ0v) is 10.4. The van der Waals surface area contributed by atoms with Gasteiger partial charge in [-0.3, -0.25) is 14.4 Å². The molecule has 1 unspecified atom stereocenters. The smallest absolute Gasteiger partial charge is 0.305 e. The lowest BCUT2D eigenvalue weighted by atomic mass is 9.98. The Balaban J connectivity index is 1.99. The van der Waals surface area contributed by atoms with Crippen molar-refractivity contribution in [3.63, 3.8) is 0 Å². The van der Waals surface area contributed by atoms with E-state index in [1.807, 2.05) is 0 Å². The first-order valence-electron chi connectivity index (χ1n) is 6.24. The SMILES string of the molecule is COC(=O)CCCCCCC1CC(=O)CC1=O. The van der Waals surface area contributed by atoms with Crippen LogP contribution in [0.3, 0.4) is 0 Å². The zero-order valence-electron chi connectivity index (χ0n) is 10.4. The molecule has 0 aliphatic heterocycles. The first kappa shape index (κ1) is 13.9. The number of unbranched alkanes of at least 4 members (excludes halogenated alkanes) is 3. The summed E-state index contributed by atoms with van der Waals surface area (Å²) in [5.74, 6) is 0.0138. The van der Waals surface area contributed by atoms with Crippen LogP contribution in [0, 0.1) is 5.92 Å². The Labute approximate surface area is 102 Å². The monoisotopic (exact) mass is 240 g/mol. The van der Waals surface area contributed by atoms with Gasteiger partial charge >= 0.3 is 5.97 Å². The van der Waals surface area contributed by atoms with Crippen LogP contribution in [-0.4, -0.2) is 24.6 Å². The average Bonchev–Trinajstić information content (AvgIpc) is 2.62. The number of esters is 1. The minimum Gasteiger partial charge on any atom is -0.469 e. The van der Waals surface area contributed by atoms with Gasteiger partial charge in [0.15, 0.2) is 0 Å². The third-order valence-electron chi connectivity index (χ3n) is 3.21. The van der Waals surface area contributed by atoms with Crippen molar-refractivity contribution in [3.05, 3.63) is 0 Å². The molecule has 0 bridgehead atoms. The number of carbonyl (C=O) groups excluding carboxylic acids is 3. The quantitative estimate of drug-likeness (QED) is 0.388. The van der Waals surface area contributed by atoms with E-state index in [0.717, 1.165) is 32.1 Å². The van der Waals surface area contributed by atoms with Gasteiger partial charge in [-0.1, -0.05) is 19.3 Å². The summed E-state index contributed by atoms with van der Waals surface area (Å²) in [6.07, 6.45) is 5.67. The number of rotatable bonds is 7. The van der Waals surface area contributed by atoms with E-state index >= 15 is 0 Å². The lowest BCUT2D eigenvalue weighted by molar-refractivity contribution is -0.140. The molecular formula is C13H20O4. The number of Topliss-reactive ketones (excluding diaryl/α,β-unsaturated/α-hetero) is 2. The predicted octanol–water partition coefficient (Wildman–Crippen LogP) is 2.05. The number of hydrogen-bond acceptors (Lipinski definition) is 4. The molecule has 0 saturated heterocycles. The van der Waals surface area contributed by atoms with Crippen molar-refractivity contribution in [1.29, 1.82) is 0 Å². The Hall–Kier alpha value is -1.19. The molecule has 0 radical (unpaired) electrons. The van der Waals surface area contributed by atoms with Crippen molar-refractivity contribution in [1.82, 2.24) is 0 Å². The molecule has 0 spiro atoms. The molecule has 0 aromatic rings. The number of methoxy groups -OCH3 is 1. The van der Waals surface area contributed by atoms with Crippen molar-refractivity contribution in [2.45, 2.75) is 51.4 Å². The number of ether oxygens (including phenoxy) is 1. The van der Waals surface area contributed by atoms with Crippen molar-refractivity contribution < 1.29 is 19.1 Å². The molecule has 0 amide bonds. The highest BCUT2D eigenvalue weighted by molar-refractivity contribution is 6.06. The van der Waals surface area contributed by atoms with Gasteiger partial charge in [0.25, 0.3) is 0 Å². The highest BCUT2D eigenvalue weighted by atomic mass is 16.5. The Kier molecular flexibility index (Phi) is 5.87. The zero-order chi connectivity index (χ0) is 12.7. The molecule has 0 N–H and O–H groups in total. The summed E-state index contributed by atoms with van der Waals surface area (Å²) in [6, 6.07) is 0. The highest BCUT2D eigenvalue weighted by Gasteiger charge is 2.29. The summed E-state index contributed by atoms with van der Waals surface area (Å²) in [5.41, 5.74) is 0.